The first-order valence-corrected chi connectivity index (χ1v) is 5.32. The van der Waals surface area contributed by atoms with E-state index in [4.69, 9.17) is 4.74 Å². The van der Waals surface area contributed by atoms with Crippen LogP contribution in [0.1, 0.15) is 13.8 Å². The molecule has 1 aliphatic rings. The average molecular weight is 209 g/mol. The maximum Gasteiger partial charge on any atom is 0.165 e. The van der Waals surface area contributed by atoms with Crippen LogP contribution < -0.4 is 4.74 Å². The summed E-state index contributed by atoms with van der Waals surface area (Å²) in [7, 11) is 0. The van der Waals surface area contributed by atoms with E-state index < -0.39 is 0 Å². The van der Waals surface area contributed by atoms with Crippen molar-refractivity contribution >= 4 is 0 Å². The molecule has 1 fully saturated rings. The summed E-state index contributed by atoms with van der Waals surface area (Å²) in [5.41, 5.74) is 0. The van der Waals surface area contributed by atoms with Crippen LogP contribution in [0.5, 0.6) is 5.75 Å². The van der Waals surface area contributed by atoms with Crippen molar-refractivity contribution in [2.45, 2.75) is 26.0 Å². The topological polar surface area (TPSA) is 12.5 Å². The summed E-state index contributed by atoms with van der Waals surface area (Å²) in [4.78, 5) is 2.30. The second-order valence-corrected chi connectivity index (χ2v) is 4.22. The third-order valence-electron chi connectivity index (χ3n) is 2.74. The van der Waals surface area contributed by atoms with Gasteiger partial charge in [-0.25, -0.2) is 4.39 Å². The number of hydrogen-bond donors (Lipinski definition) is 0. The van der Waals surface area contributed by atoms with Crippen molar-refractivity contribution in [3.05, 3.63) is 30.1 Å². The zero-order chi connectivity index (χ0) is 10.8. The van der Waals surface area contributed by atoms with Crippen molar-refractivity contribution in [2.75, 3.05) is 13.1 Å². The van der Waals surface area contributed by atoms with E-state index >= 15 is 0 Å². The lowest BCUT2D eigenvalue weighted by atomic mass is 10.1. The van der Waals surface area contributed by atoms with E-state index in [0.29, 0.717) is 11.8 Å². The van der Waals surface area contributed by atoms with Gasteiger partial charge in [-0.15, -0.1) is 0 Å². The van der Waals surface area contributed by atoms with Crippen LogP contribution in [-0.2, 0) is 0 Å². The molecule has 1 aromatic carbocycles. The number of nitrogens with zero attached hydrogens (tertiary/aromatic N) is 1. The summed E-state index contributed by atoms with van der Waals surface area (Å²) < 4.78 is 18.8. The van der Waals surface area contributed by atoms with Gasteiger partial charge >= 0.3 is 0 Å². The van der Waals surface area contributed by atoms with E-state index in [-0.39, 0.29) is 11.9 Å². The fraction of sp³-hybridized carbons (Fsp3) is 0.500. The highest BCUT2D eigenvalue weighted by molar-refractivity contribution is 5.24. The van der Waals surface area contributed by atoms with Crippen LogP contribution >= 0.6 is 0 Å². The molecule has 3 heteroatoms. The molecule has 1 aliphatic heterocycles. The van der Waals surface area contributed by atoms with Gasteiger partial charge in [0.1, 0.15) is 6.10 Å². The number of rotatable bonds is 3. The van der Waals surface area contributed by atoms with Gasteiger partial charge in [-0.3, -0.25) is 4.90 Å². The van der Waals surface area contributed by atoms with Crippen molar-refractivity contribution in [2.24, 2.45) is 0 Å². The van der Waals surface area contributed by atoms with Gasteiger partial charge in [0, 0.05) is 19.1 Å². The van der Waals surface area contributed by atoms with Crippen molar-refractivity contribution in [3.63, 3.8) is 0 Å². The van der Waals surface area contributed by atoms with Gasteiger partial charge in [0.15, 0.2) is 11.6 Å². The highest BCUT2D eigenvalue weighted by atomic mass is 19.1. The number of hydrogen-bond acceptors (Lipinski definition) is 2. The summed E-state index contributed by atoms with van der Waals surface area (Å²) in [5.74, 6) is 0.0893. The highest BCUT2D eigenvalue weighted by Crippen LogP contribution is 2.21. The molecule has 0 amide bonds. The number of para-hydroxylation sites is 1. The lowest BCUT2D eigenvalue weighted by Gasteiger charge is -2.41. The Balaban J connectivity index is 1.88. The summed E-state index contributed by atoms with van der Waals surface area (Å²) in [5, 5.41) is 0. The minimum absolute atomic E-state index is 0.143. The molecule has 1 aromatic rings. The molecule has 0 unspecified atom stereocenters. The van der Waals surface area contributed by atoms with Gasteiger partial charge in [0.2, 0.25) is 0 Å². The van der Waals surface area contributed by atoms with E-state index in [1.165, 1.54) is 6.07 Å². The largest absolute Gasteiger partial charge is 0.485 e. The first-order valence-electron chi connectivity index (χ1n) is 5.32. The fourth-order valence-corrected chi connectivity index (χ4v) is 1.69. The quantitative estimate of drug-likeness (QED) is 0.757. The lowest BCUT2D eigenvalue weighted by molar-refractivity contribution is -0.00179. The van der Waals surface area contributed by atoms with E-state index in [1.807, 2.05) is 0 Å². The van der Waals surface area contributed by atoms with Crippen LogP contribution in [0.25, 0.3) is 0 Å². The predicted octanol–water partition coefficient (Wildman–Crippen LogP) is 2.30. The molecule has 0 atom stereocenters. The smallest absolute Gasteiger partial charge is 0.165 e. The second-order valence-electron chi connectivity index (χ2n) is 4.22. The van der Waals surface area contributed by atoms with Crippen molar-refractivity contribution in [1.82, 2.24) is 4.90 Å². The number of halogens is 1. The molecule has 0 radical (unpaired) electrons. The van der Waals surface area contributed by atoms with E-state index in [9.17, 15) is 4.39 Å². The number of ether oxygens (including phenoxy) is 1. The fourth-order valence-electron chi connectivity index (χ4n) is 1.69. The number of benzene rings is 1. The Hall–Kier alpha value is -1.09. The molecule has 0 bridgehead atoms. The molecule has 0 N–H and O–H groups in total. The Bertz CT molecular complexity index is 334. The maximum absolute atomic E-state index is 13.2. The van der Waals surface area contributed by atoms with Gasteiger partial charge < -0.3 is 4.74 Å². The normalized spacial score (nSPS) is 17.9. The van der Waals surface area contributed by atoms with Gasteiger partial charge in [0.25, 0.3) is 0 Å². The molecule has 1 saturated heterocycles. The van der Waals surface area contributed by atoms with Crippen LogP contribution in [-0.4, -0.2) is 30.1 Å². The molecule has 0 saturated carbocycles. The van der Waals surface area contributed by atoms with Gasteiger partial charge in [0.05, 0.1) is 0 Å². The van der Waals surface area contributed by atoms with Gasteiger partial charge in [-0.1, -0.05) is 12.1 Å². The molecular weight excluding hydrogens is 193 g/mol. The minimum atomic E-state index is -0.277. The monoisotopic (exact) mass is 209 g/mol. The SMILES string of the molecule is CC(C)N1CC(Oc2ccccc2F)C1. The molecule has 2 nitrogen and oxygen atoms in total. The lowest BCUT2D eigenvalue weighted by Crippen LogP contribution is -2.56. The molecular formula is C12H16FNO. The molecule has 0 aliphatic carbocycles. The summed E-state index contributed by atoms with van der Waals surface area (Å²) in [6.45, 7) is 6.09. The first kappa shape index (κ1) is 10.4. The second kappa shape index (κ2) is 4.19. The van der Waals surface area contributed by atoms with Gasteiger partial charge in [-0.2, -0.15) is 0 Å². The Morgan fingerprint density at radius 2 is 2.00 bits per heavy atom. The average Bonchev–Trinajstić information content (AvgIpc) is 2.12. The zero-order valence-corrected chi connectivity index (χ0v) is 9.11. The van der Waals surface area contributed by atoms with Crippen LogP contribution in [0.15, 0.2) is 24.3 Å². The Kier molecular flexibility index (Phi) is 2.91. The van der Waals surface area contributed by atoms with Crippen LogP contribution in [0, 0.1) is 5.82 Å². The van der Waals surface area contributed by atoms with E-state index in [0.717, 1.165) is 13.1 Å². The Labute approximate surface area is 89.7 Å². The molecule has 0 spiro atoms. The Morgan fingerprint density at radius 1 is 1.33 bits per heavy atom. The van der Waals surface area contributed by atoms with Crippen LogP contribution in [0.2, 0.25) is 0 Å². The molecule has 2 rings (SSSR count). The summed E-state index contributed by atoms with van der Waals surface area (Å²) in [6, 6.07) is 7.10. The predicted molar refractivity (Wildman–Crippen MR) is 57.5 cm³/mol. The van der Waals surface area contributed by atoms with Crippen LogP contribution in [0.4, 0.5) is 4.39 Å². The maximum atomic E-state index is 13.2. The molecule has 82 valence electrons. The van der Waals surface area contributed by atoms with E-state index in [1.54, 1.807) is 18.2 Å². The van der Waals surface area contributed by atoms with E-state index in [2.05, 4.69) is 18.7 Å². The zero-order valence-electron chi connectivity index (χ0n) is 9.11. The number of likely N-dealkylation sites (tertiary alicyclic amines) is 1. The van der Waals surface area contributed by atoms with Crippen molar-refractivity contribution in [1.29, 1.82) is 0 Å². The Morgan fingerprint density at radius 3 is 2.60 bits per heavy atom. The third kappa shape index (κ3) is 2.29. The summed E-state index contributed by atoms with van der Waals surface area (Å²) in [6.07, 6.45) is 0.143. The first-order chi connectivity index (χ1) is 7.16. The summed E-state index contributed by atoms with van der Waals surface area (Å²) >= 11 is 0. The molecule has 15 heavy (non-hydrogen) atoms. The van der Waals surface area contributed by atoms with Crippen LogP contribution in [0.3, 0.4) is 0 Å². The standard InChI is InChI=1S/C12H16FNO/c1-9(2)14-7-10(8-14)15-12-6-4-3-5-11(12)13/h3-6,9-10H,7-8H2,1-2H3. The third-order valence-corrected chi connectivity index (χ3v) is 2.74. The molecule has 0 aromatic heterocycles. The minimum Gasteiger partial charge on any atom is -0.485 e. The van der Waals surface area contributed by atoms with Crippen molar-refractivity contribution in [3.8, 4) is 5.75 Å². The molecule has 1 heterocycles. The highest BCUT2D eigenvalue weighted by Gasteiger charge is 2.30. The van der Waals surface area contributed by atoms with Gasteiger partial charge in [-0.05, 0) is 26.0 Å². The van der Waals surface area contributed by atoms with Crippen molar-refractivity contribution < 1.29 is 9.13 Å².